The molecule has 16 heavy (non-hydrogen) atoms. The summed E-state index contributed by atoms with van der Waals surface area (Å²) in [6.07, 6.45) is -1.15. The molecule has 0 aliphatic carbocycles. The van der Waals surface area contributed by atoms with Gasteiger partial charge >= 0.3 is 5.97 Å². The van der Waals surface area contributed by atoms with Crippen LogP contribution in [0.2, 0.25) is 0 Å². The van der Waals surface area contributed by atoms with Crippen molar-refractivity contribution < 1.29 is 14.6 Å². The Bertz CT molecular complexity index is 383. The van der Waals surface area contributed by atoms with Crippen molar-refractivity contribution in [3.05, 3.63) is 35.4 Å². The third-order valence-electron chi connectivity index (χ3n) is 2.87. The molecule has 1 N–H and O–H groups in total. The molecular formula is C13H18O3. The number of hydrogen-bond donors (Lipinski definition) is 1. The minimum atomic E-state index is -1.15. The first-order chi connectivity index (χ1) is 7.39. The highest BCUT2D eigenvalue weighted by atomic mass is 16.5. The summed E-state index contributed by atoms with van der Waals surface area (Å²) in [6.45, 7) is 5.62. The summed E-state index contributed by atoms with van der Waals surface area (Å²) < 4.78 is 4.56. The number of benzene rings is 1. The molecule has 88 valence electrons. The first-order valence-corrected chi connectivity index (χ1v) is 5.22. The lowest BCUT2D eigenvalue weighted by Crippen LogP contribution is -2.40. The lowest BCUT2D eigenvalue weighted by molar-refractivity contribution is -0.153. The second-order valence-corrected chi connectivity index (χ2v) is 4.52. The zero-order chi connectivity index (χ0) is 12.3. The number of carbonyl (C=O) groups is 1. The molecule has 1 rings (SSSR count). The number of aliphatic hydroxyl groups excluding tert-OH is 1. The lowest BCUT2D eigenvalue weighted by Gasteiger charge is -2.29. The van der Waals surface area contributed by atoms with Crippen molar-refractivity contribution in [2.75, 3.05) is 7.11 Å². The van der Waals surface area contributed by atoms with Crippen molar-refractivity contribution in [1.29, 1.82) is 0 Å². The zero-order valence-corrected chi connectivity index (χ0v) is 10.2. The molecule has 0 bridgehead atoms. The van der Waals surface area contributed by atoms with Crippen molar-refractivity contribution in [2.24, 2.45) is 0 Å². The van der Waals surface area contributed by atoms with Gasteiger partial charge in [0.1, 0.15) is 0 Å². The Morgan fingerprint density at radius 1 is 1.44 bits per heavy atom. The summed E-state index contributed by atoms with van der Waals surface area (Å²) in [6, 6.07) is 7.76. The Morgan fingerprint density at radius 3 is 2.56 bits per heavy atom. The smallest absolute Gasteiger partial charge is 0.335 e. The van der Waals surface area contributed by atoms with Gasteiger partial charge in [0.2, 0.25) is 0 Å². The lowest BCUT2D eigenvalue weighted by atomic mass is 9.79. The van der Waals surface area contributed by atoms with Crippen LogP contribution in [0.15, 0.2) is 24.3 Å². The Labute approximate surface area is 96.1 Å². The van der Waals surface area contributed by atoms with Crippen LogP contribution in [0, 0.1) is 6.92 Å². The van der Waals surface area contributed by atoms with E-state index in [-0.39, 0.29) is 0 Å². The second kappa shape index (κ2) is 4.66. The highest BCUT2D eigenvalue weighted by molar-refractivity contribution is 5.76. The SMILES string of the molecule is COC(=O)C(O)C(C)(C)c1cccc(C)c1. The summed E-state index contributed by atoms with van der Waals surface area (Å²) >= 11 is 0. The van der Waals surface area contributed by atoms with Gasteiger partial charge in [-0.3, -0.25) is 0 Å². The Kier molecular flexibility index (Phi) is 3.70. The van der Waals surface area contributed by atoms with Crippen LogP contribution in [-0.4, -0.2) is 24.3 Å². The zero-order valence-electron chi connectivity index (χ0n) is 10.2. The third kappa shape index (κ3) is 2.42. The number of esters is 1. The molecule has 0 amide bonds. The van der Waals surface area contributed by atoms with Gasteiger partial charge in [0.25, 0.3) is 0 Å². The van der Waals surface area contributed by atoms with E-state index in [1.165, 1.54) is 7.11 Å². The van der Waals surface area contributed by atoms with Gasteiger partial charge in [-0.1, -0.05) is 43.7 Å². The van der Waals surface area contributed by atoms with E-state index in [1.807, 2.05) is 45.0 Å². The molecule has 1 atom stereocenters. The Morgan fingerprint density at radius 2 is 2.06 bits per heavy atom. The highest BCUT2D eigenvalue weighted by Gasteiger charge is 2.35. The molecule has 1 unspecified atom stereocenters. The van der Waals surface area contributed by atoms with E-state index < -0.39 is 17.5 Å². The van der Waals surface area contributed by atoms with E-state index in [9.17, 15) is 9.90 Å². The van der Waals surface area contributed by atoms with Gasteiger partial charge in [-0.2, -0.15) is 0 Å². The molecule has 0 fully saturated rings. The molecule has 0 aliphatic heterocycles. The number of aliphatic hydroxyl groups is 1. The second-order valence-electron chi connectivity index (χ2n) is 4.52. The summed E-state index contributed by atoms with van der Waals surface area (Å²) in [5.74, 6) is -0.605. The predicted octanol–water partition coefficient (Wildman–Crippen LogP) is 1.81. The first-order valence-electron chi connectivity index (χ1n) is 5.22. The normalized spacial score (nSPS) is 13.3. The van der Waals surface area contributed by atoms with E-state index in [4.69, 9.17) is 0 Å². The van der Waals surface area contributed by atoms with Crippen molar-refractivity contribution >= 4 is 5.97 Å². The van der Waals surface area contributed by atoms with Gasteiger partial charge in [0, 0.05) is 5.41 Å². The van der Waals surface area contributed by atoms with Gasteiger partial charge < -0.3 is 9.84 Å². The fourth-order valence-corrected chi connectivity index (χ4v) is 1.61. The molecule has 0 saturated heterocycles. The molecule has 0 heterocycles. The van der Waals surface area contributed by atoms with E-state index in [0.717, 1.165) is 11.1 Å². The molecule has 1 aromatic carbocycles. The van der Waals surface area contributed by atoms with E-state index in [2.05, 4.69) is 4.74 Å². The van der Waals surface area contributed by atoms with Crippen LogP contribution in [0.3, 0.4) is 0 Å². The van der Waals surface area contributed by atoms with Crippen molar-refractivity contribution in [1.82, 2.24) is 0 Å². The number of carbonyl (C=O) groups excluding carboxylic acids is 1. The van der Waals surface area contributed by atoms with Gasteiger partial charge in [-0.25, -0.2) is 4.79 Å². The number of ether oxygens (including phenoxy) is 1. The molecule has 0 radical (unpaired) electrons. The Balaban J connectivity index is 3.05. The molecule has 0 aromatic heterocycles. The summed E-state index contributed by atoms with van der Waals surface area (Å²) in [7, 11) is 1.28. The minimum absolute atomic E-state index is 0.605. The van der Waals surface area contributed by atoms with Crippen LogP contribution in [0.1, 0.15) is 25.0 Å². The largest absolute Gasteiger partial charge is 0.467 e. The van der Waals surface area contributed by atoms with E-state index in [1.54, 1.807) is 0 Å². The van der Waals surface area contributed by atoms with Crippen LogP contribution in [-0.2, 0) is 14.9 Å². The molecule has 0 spiro atoms. The first kappa shape index (κ1) is 12.7. The standard InChI is InChI=1S/C13H18O3/c1-9-6-5-7-10(8-9)13(2,3)11(14)12(15)16-4/h5-8,11,14H,1-4H3. The number of rotatable bonds is 3. The van der Waals surface area contributed by atoms with Gasteiger partial charge in [-0.15, -0.1) is 0 Å². The van der Waals surface area contributed by atoms with Gasteiger partial charge in [0.05, 0.1) is 7.11 Å². The monoisotopic (exact) mass is 222 g/mol. The molecular weight excluding hydrogens is 204 g/mol. The van der Waals surface area contributed by atoms with Crippen LogP contribution in [0.25, 0.3) is 0 Å². The van der Waals surface area contributed by atoms with E-state index >= 15 is 0 Å². The fourth-order valence-electron chi connectivity index (χ4n) is 1.61. The molecule has 3 nitrogen and oxygen atoms in total. The number of methoxy groups -OCH3 is 1. The summed E-state index contributed by atoms with van der Waals surface area (Å²) in [5, 5.41) is 9.92. The average molecular weight is 222 g/mol. The van der Waals surface area contributed by atoms with Crippen molar-refractivity contribution in [2.45, 2.75) is 32.3 Å². The van der Waals surface area contributed by atoms with Crippen LogP contribution in [0.5, 0.6) is 0 Å². The van der Waals surface area contributed by atoms with Crippen LogP contribution in [0.4, 0.5) is 0 Å². The highest BCUT2D eigenvalue weighted by Crippen LogP contribution is 2.28. The van der Waals surface area contributed by atoms with Gasteiger partial charge in [0.15, 0.2) is 6.10 Å². The number of aryl methyl sites for hydroxylation is 1. The van der Waals surface area contributed by atoms with Crippen molar-refractivity contribution in [3.63, 3.8) is 0 Å². The summed E-state index contributed by atoms with van der Waals surface area (Å²) in [4.78, 5) is 11.3. The molecule has 0 saturated carbocycles. The topological polar surface area (TPSA) is 46.5 Å². The quantitative estimate of drug-likeness (QED) is 0.793. The van der Waals surface area contributed by atoms with Crippen LogP contribution >= 0.6 is 0 Å². The Hall–Kier alpha value is -1.35. The van der Waals surface area contributed by atoms with E-state index in [0.29, 0.717) is 0 Å². The maximum Gasteiger partial charge on any atom is 0.335 e. The molecule has 3 heteroatoms. The third-order valence-corrected chi connectivity index (χ3v) is 2.87. The maximum absolute atomic E-state index is 11.3. The fraction of sp³-hybridized carbons (Fsp3) is 0.462. The maximum atomic E-state index is 11.3. The van der Waals surface area contributed by atoms with Crippen LogP contribution < -0.4 is 0 Å². The minimum Gasteiger partial charge on any atom is -0.467 e. The van der Waals surface area contributed by atoms with Crippen molar-refractivity contribution in [3.8, 4) is 0 Å². The predicted molar refractivity (Wildman–Crippen MR) is 62.2 cm³/mol. The molecule has 1 aromatic rings. The average Bonchev–Trinajstić information content (AvgIpc) is 2.27. The molecule has 0 aliphatic rings. The summed E-state index contributed by atoms with van der Waals surface area (Å²) in [5.41, 5.74) is 1.37. The van der Waals surface area contributed by atoms with Gasteiger partial charge in [-0.05, 0) is 12.5 Å². The number of hydrogen-bond acceptors (Lipinski definition) is 3.